The van der Waals surface area contributed by atoms with Crippen LogP contribution in [0.15, 0.2) is 59.8 Å². The van der Waals surface area contributed by atoms with E-state index in [-0.39, 0.29) is 30.2 Å². The molecule has 0 fully saturated rings. The summed E-state index contributed by atoms with van der Waals surface area (Å²) in [6.07, 6.45) is -4.54. The molecule has 0 saturated carbocycles. The second-order valence-electron chi connectivity index (χ2n) is 6.86. The number of amides is 2. The average molecular weight is 469 g/mol. The third-order valence-electron chi connectivity index (χ3n) is 4.83. The van der Waals surface area contributed by atoms with E-state index >= 15 is 0 Å². The lowest BCUT2D eigenvalue weighted by Crippen LogP contribution is -2.48. The minimum absolute atomic E-state index is 0.0655. The third kappa shape index (κ3) is 4.99. The van der Waals surface area contributed by atoms with Crippen molar-refractivity contribution in [3.05, 3.63) is 76.0 Å². The van der Waals surface area contributed by atoms with Gasteiger partial charge in [-0.25, -0.2) is 9.59 Å². The van der Waals surface area contributed by atoms with Crippen molar-refractivity contribution in [3.63, 3.8) is 0 Å². The average Bonchev–Trinajstić information content (AvgIpc) is 2.74. The first-order valence-corrected chi connectivity index (χ1v) is 10.00. The van der Waals surface area contributed by atoms with E-state index in [0.29, 0.717) is 10.6 Å². The maximum absolute atomic E-state index is 13.0. The van der Waals surface area contributed by atoms with Gasteiger partial charge in [-0.2, -0.15) is 13.2 Å². The summed E-state index contributed by atoms with van der Waals surface area (Å²) in [5.41, 5.74) is -0.183. The van der Waals surface area contributed by atoms with Crippen LogP contribution < -0.4 is 10.1 Å². The Balaban J connectivity index is 2.03. The van der Waals surface area contributed by atoms with Gasteiger partial charge in [0.1, 0.15) is 12.4 Å². The van der Waals surface area contributed by atoms with Crippen molar-refractivity contribution in [1.82, 2.24) is 10.2 Å². The van der Waals surface area contributed by atoms with Gasteiger partial charge < -0.3 is 14.8 Å². The Morgan fingerprint density at radius 2 is 1.91 bits per heavy atom. The van der Waals surface area contributed by atoms with E-state index in [1.165, 1.54) is 19.2 Å². The number of likely N-dealkylation sites (N-methyl/N-ethyl adjacent to an activating group) is 1. The van der Waals surface area contributed by atoms with Crippen molar-refractivity contribution >= 4 is 23.6 Å². The molecule has 10 heteroatoms. The highest BCUT2D eigenvalue weighted by Crippen LogP contribution is 2.35. The van der Waals surface area contributed by atoms with Crippen LogP contribution in [-0.2, 0) is 15.7 Å². The number of nitrogens with one attached hydrogen (secondary N) is 1. The van der Waals surface area contributed by atoms with Gasteiger partial charge in [-0.15, -0.1) is 0 Å². The van der Waals surface area contributed by atoms with Gasteiger partial charge in [0.2, 0.25) is 0 Å². The van der Waals surface area contributed by atoms with Crippen LogP contribution in [0.25, 0.3) is 0 Å². The van der Waals surface area contributed by atoms with E-state index in [2.05, 4.69) is 5.32 Å². The highest BCUT2D eigenvalue weighted by molar-refractivity contribution is 6.31. The molecular weight excluding hydrogens is 449 g/mol. The fraction of sp³-hybridized carbons (Fsp3) is 0.273. The Bertz CT molecular complexity index is 1060. The molecule has 1 heterocycles. The van der Waals surface area contributed by atoms with Gasteiger partial charge in [-0.05, 0) is 36.8 Å². The number of benzene rings is 2. The first-order chi connectivity index (χ1) is 15.1. The molecule has 1 atom stereocenters. The van der Waals surface area contributed by atoms with Crippen molar-refractivity contribution in [2.24, 2.45) is 0 Å². The van der Waals surface area contributed by atoms with Gasteiger partial charge in [0.05, 0.1) is 29.5 Å². The van der Waals surface area contributed by atoms with Crippen LogP contribution in [-0.4, -0.2) is 37.2 Å². The van der Waals surface area contributed by atoms with Gasteiger partial charge in [-0.3, -0.25) is 4.90 Å². The Hall–Kier alpha value is -3.20. The number of rotatable bonds is 6. The molecule has 0 aromatic heterocycles. The lowest BCUT2D eigenvalue weighted by molar-refractivity contribution is -0.139. The zero-order chi connectivity index (χ0) is 23.5. The molecule has 1 aliphatic rings. The lowest BCUT2D eigenvalue weighted by Gasteiger charge is -2.34. The number of alkyl halides is 3. The van der Waals surface area contributed by atoms with Gasteiger partial charge in [-0.1, -0.05) is 35.9 Å². The molecule has 2 aromatic rings. The Morgan fingerprint density at radius 1 is 1.19 bits per heavy atom. The van der Waals surface area contributed by atoms with E-state index in [4.69, 9.17) is 21.1 Å². The zero-order valence-electron chi connectivity index (χ0n) is 17.2. The standard InChI is InChI=1S/C22H20ClF3N2O4/c1-3-31-20(29)18-17(12-32-14-8-6-7-13(11-14)22(24,25)26)28(2)21(30)27-19(18)15-9-4-5-10-16(15)23/h4-11,19H,3,12H2,1-2H3,(H,27,30)/t19-/m1/s1. The van der Waals surface area contributed by atoms with Crippen molar-refractivity contribution in [2.75, 3.05) is 20.3 Å². The Labute approximate surface area is 187 Å². The highest BCUT2D eigenvalue weighted by atomic mass is 35.5. The van der Waals surface area contributed by atoms with Crippen LogP contribution in [0.3, 0.4) is 0 Å². The quantitative estimate of drug-likeness (QED) is 0.609. The topological polar surface area (TPSA) is 67.9 Å². The number of halogens is 4. The minimum Gasteiger partial charge on any atom is -0.487 e. The molecule has 0 saturated heterocycles. The summed E-state index contributed by atoms with van der Waals surface area (Å²) >= 11 is 6.29. The Morgan fingerprint density at radius 3 is 2.56 bits per heavy atom. The zero-order valence-corrected chi connectivity index (χ0v) is 18.0. The summed E-state index contributed by atoms with van der Waals surface area (Å²) in [5, 5.41) is 3.03. The molecule has 0 aliphatic carbocycles. The fourth-order valence-electron chi connectivity index (χ4n) is 3.24. The van der Waals surface area contributed by atoms with E-state index in [9.17, 15) is 22.8 Å². The van der Waals surface area contributed by atoms with Crippen LogP contribution in [0, 0.1) is 0 Å². The summed E-state index contributed by atoms with van der Waals surface area (Å²) in [6, 6.07) is 9.55. The fourth-order valence-corrected chi connectivity index (χ4v) is 3.48. The van der Waals surface area contributed by atoms with Crippen molar-refractivity contribution in [1.29, 1.82) is 0 Å². The van der Waals surface area contributed by atoms with E-state index < -0.39 is 29.8 Å². The van der Waals surface area contributed by atoms with Gasteiger partial charge >= 0.3 is 18.2 Å². The van der Waals surface area contributed by atoms with E-state index in [1.807, 2.05) is 0 Å². The number of esters is 1. The summed E-state index contributed by atoms with van der Waals surface area (Å²) in [5.74, 6) is -0.767. The van der Waals surface area contributed by atoms with E-state index in [0.717, 1.165) is 17.0 Å². The maximum Gasteiger partial charge on any atom is 0.416 e. The summed E-state index contributed by atoms with van der Waals surface area (Å²) in [7, 11) is 1.42. The largest absolute Gasteiger partial charge is 0.487 e. The molecule has 0 bridgehead atoms. The van der Waals surface area contributed by atoms with E-state index in [1.54, 1.807) is 31.2 Å². The summed E-state index contributed by atoms with van der Waals surface area (Å²) in [4.78, 5) is 26.6. The molecule has 0 spiro atoms. The van der Waals surface area contributed by atoms with Crippen molar-refractivity contribution < 1.29 is 32.2 Å². The smallest absolute Gasteiger partial charge is 0.416 e. The van der Waals surface area contributed by atoms with Gasteiger partial charge in [0, 0.05) is 12.1 Å². The molecule has 0 radical (unpaired) electrons. The molecule has 2 amide bonds. The third-order valence-corrected chi connectivity index (χ3v) is 5.17. The molecule has 6 nitrogen and oxygen atoms in total. The molecule has 1 aliphatic heterocycles. The number of hydrogen-bond donors (Lipinski definition) is 1. The van der Waals surface area contributed by atoms with Crippen LogP contribution >= 0.6 is 11.6 Å². The molecule has 2 aromatic carbocycles. The highest BCUT2D eigenvalue weighted by Gasteiger charge is 2.38. The van der Waals surface area contributed by atoms with Crippen LogP contribution in [0.4, 0.5) is 18.0 Å². The number of urea groups is 1. The second kappa shape index (κ2) is 9.52. The SMILES string of the molecule is CCOC(=O)C1=C(COc2cccc(C(F)(F)F)c2)N(C)C(=O)N[C@@H]1c1ccccc1Cl. The van der Waals surface area contributed by atoms with Gasteiger partial charge in [0.25, 0.3) is 0 Å². The first-order valence-electron chi connectivity index (χ1n) is 9.62. The number of ether oxygens (including phenoxy) is 2. The predicted octanol–water partition coefficient (Wildman–Crippen LogP) is 4.95. The minimum atomic E-state index is -4.54. The summed E-state index contributed by atoms with van der Waals surface area (Å²) < 4.78 is 49.8. The van der Waals surface area contributed by atoms with Gasteiger partial charge in [0.15, 0.2) is 0 Å². The molecule has 0 unspecified atom stereocenters. The van der Waals surface area contributed by atoms with Crippen molar-refractivity contribution in [2.45, 2.75) is 19.1 Å². The molecule has 1 N–H and O–H groups in total. The summed E-state index contributed by atoms with van der Waals surface area (Å²) in [6.45, 7) is 1.37. The van der Waals surface area contributed by atoms with Crippen LogP contribution in [0.5, 0.6) is 5.75 Å². The Kier molecular flexibility index (Phi) is 6.98. The molecular formula is C22H20ClF3N2O4. The van der Waals surface area contributed by atoms with Crippen LogP contribution in [0.2, 0.25) is 5.02 Å². The molecule has 3 rings (SSSR count). The molecule has 170 valence electrons. The maximum atomic E-state index is 13.0. The monoisotopic (exact) mass is 468 g/mol. The van der Waals surface area contributed by atoms with Crippen LogP contribution in [0.1, 0.15) is 24.1 Å². The lowest BCUT2D eigenvalue weighted by atomic mass is 9.94. The number of carbonyl (C=O) groups is 2. The number of nitrogens with zero attached hydrogens (tertiary/aromatic N) is 1. The number of hydrogen-bond acceptors (Lipinski definition) is 4. The number of carbonyl (C=O) groups excluding carboxylic acids is 2. The van der Waals surface area contributed by atoms with Crippen molar-refractivity contribution in [3.8, 4) is 5.75 Å². The predicted molar refractivity (Wildman–Crippen MR) is 111 cm³/mol. The second-order valence-corrected chi connectivity index (χ2v) is 7.27. The normalized spacial score (nSPS) is 16.6. The first kappa shape index (κ1) is 23.5. The molecule has 32 heavy (non-hydrogen) atoms.